The number of furan rings is 1. The summed E-state index contributed by atoms with van der Waals surface area (Å²) >= 11 is 0. The maximum absolute atomic E-state index is 10.0. The van der Waals surface area contributed by atoms with Crippen molar-refractivity contribution in [3.8, 4) is 11.5 Å². The Morgan fingerprint density at radius 1 is 1.04 bits per heavy atom. The van der Waals surface area contributed by atoms with E-state index in [0.717, 1.165) is 42.3 Å². The highest BCUT2D eigenvalue weighted by atomic mass is 16.5. The summed E-state index contributed by atoms with van der Waals surface area (Å²) in [5.74, 6) is 2.91. The molecule has 138 valence electrons. The Kier molecular flexibility index (Phi) is 6.51. The van der Waals surface area contributed by atoms with Crippen LogP contribution in [-0.2, 0) is 18.7 Å². The Morgan fingerprint density at radius 3 is 2.32 bits per heavy atom. The fourth-order valence-electron chi connectivity index (χ4n) is 2.78. The van der Waals surface area contributed by atoms with Crippen LogP contribution in [0.1, 0.15) is 44.3 Å². The quantitative estimate of drug-likeness (QED) is 0.745. The molecule has 0 bridgehead atoms. The minimum Gasteiger partial charge on any atom is -0.493 e. The average molecular weight is 347 g/mol. The standard InChI is InChI=1S/C20H29NO4/c1-6-11-21(14-16-8-10-19(25-16)20(2,3)22)13-15-7-9-17(23-4)18(12-15)24-5/h7-10,12,22H,6,11,13-14H2,1-5H3. The lowest BCUT2D eigenvalue weighted by atomic mass is 10.1. The predicted molar refractivity (Wildman–Crippen MR) is 97.9 cm³/mol. The predicted octanol–water partition coefficient (Wildman–Crippen LogP) is 3.94. The van der Waals surface area contributed by atoms with E-state index in [1.807, 2.05) is 24.3 Å². The molecule has 1 heterocycles. The molecular formula is C20H29NO4. The maximum Gasteiger partial charge on any atom is 0.161 e. The van der Waals surface area contributed by atoms with Gasteiger partial charge < -0.3 is 19.0 Å². The summed E-state index contributed by atoms with van der Waals surface area (Å²) in [7, 11) is 3.28. The molecule has 0 saturated carbocycles. The lowest BCUT2D eigenvalue weighted by Gasteiger charge is -2.21. The van der Waals surface area contributed by atoms with Crippen LogP contribution in [0.3, 0.4) is 0 Å². The van der Waals surface area contributed by atoms with Gasteiger partial charge in [-0.25, -0.2) is 0 Å². The van der Waals surface area contributed by atoms with E-state index in [0.29, 0.717) is 12.3 Å². The first kappa shape index (κ1) is 19.3. The first-order valence-corrected chi connectivity index (χ1v) is 8.62. The van der Waals surface area contributed by atoms with Crippen LogP contribution in [0.5, 0.6) is 11.5 Å². The maximum atomic E-state index is 10.0. The Balaban J connectivity index is 2.12. The van der Waals surface area contributed by atoms with Crippen molar-refractivity contribution in [3.63, 3.8) is 0 Å². The fraction of sp³-hybridized carbons (Fsp3) is 0.500. The third kappa shape index (κ3) is 5.25. The van der Waals surface area contributed by atoms with Crippen LogP contribution in [0.15, 0.2) is 34.7 Å². The Morgan fingerprint density at radius 2 is 1.76 bits per heavy atom. The van der Waals surface area contributed by atoms with E-state index in [-0.39, 0.29) is 0 Å². The monoisotopic (exact) mass is 347 g/mol. The van der Waals surface area contributed by atoms with Gasteiger partial charge in [-0.05, 0) is 56.6 Å². The summed E-state index contributed by atoms with van der Waals surface area (Å²) in [5.41, 5.74) is 0.192. The molecule has 5 nitrogen and oxygen atoms in total. The molecule has 0 unspecified atom stereocenters. The second-order valence-electron chi connectivity index (χ2n) is 6.72. The number of benzene rings is 1. The molecule has 0 aliphatic rings. The number of aliphatic hydroxyl groups is 1. The molecule has 1 N–H and O–H groups in total. The zero-order valence-corrected chi connectivity index (χ0v) is 15.8. The number of methoxy groups -OCH3 is 2. The van der Waals surface area contributed by atoms with E-state index in [2.05, 4.69) is 17.9 Å². The zero-order chi connectivity index (χ0) is 18.4. The van der Waals surface area contributed by atoms with Crippen molar-refractivity contribution in [1.82, 2.24) is 4.90 Å². The van der Waals surface area contributed by atoms with Crippen LogP contribution < -0.4 is 9.47 Å². The van der Waals surface area contributed by atoms with E-state index in [4.69, 9.17) is 13.9 Å². The van der Waals surface area contributed by atoms with Crippen LogP contribution in [0.2, 0.25) is 0 Å². The van der Waals surface area contributed by atoms with Crippen molar-refractivity contribution < 1.29 is 19.0 Å². The van der Waals surface area contributed by atoms with Gasteiger partial charge in [-0.3, -0.25) is 4.90 Å². The molecule has 0 saturated heterocycles. The number of hydrogen-bond donors (Lipinski definition) is 1. The van der Waals surface area contributed by atoms with Crippen LogP contribution in [0.25, 0.3) is 0 Å². The highest BCUT2D eigenvalue weighted by molar-refractivity contribution is 5.42. The molecule has 0 radical (unpaired) electrons. The topological polar surface area (TPSA) is 55.1 Å². The van der Waals surface area contributed by atoms with Crippen LogP contribution in [0.4, 0.5) is 0 Å². The summed E-state index contributed by atoms with van der Waals surface area (Å²) in [4.78, 5) is 2.31. The van der Waals surface area contributed by atoms with Crippen LogP contribution >= 0.6 is 0 Å². The van der Waals surface area contributed by atoms with Gasteiger partial charge in [-0.1, -0.05) is 13.0 Å². The first-order chi connectivity index (χ1) is 11.9. The van der Waals surface area contributed by atoms with Gasteiger partial charge in [0, 0.05) is 6.54 Å². The average Bonchev–Trinajstić information content (AvgIpc) is 3.03. The van der Waals surface area contributed by atoms with Gasteiger partial charge >= 0.3 is 0 Å². The smallest absolute Gasteiger partial charge is 0.161 e. The van der Waals surface area contributed by atoms with Gasteiger partial charge in [-0.15, -0.1) is 0 Å². The van der Waals surface area contributed by atoms with Crippen LogP contribution in [0, 0.1) is 0 Å². The fourth-order valence-corrected chi connectivity index (χ4v) is 2.78. The second kappa shape index (κ2) is 8.41. The van der Waals surface area contributed by atoms with Crippen LogP contribution in [-0.4, -0.2) is 30.8 Å². The molecule has 0 spiro atoms. The molecule has 1 aromatic heterocycles. The Bertz CT molecular complexity index is 673. The van der Waals surface area contributed by atoms with Crippen molar-refractivity contribution in [1.29, 1.82) is 0 Å². The van der Waals surface area contributed by atoms with Crippen molar-refractivity contribution in [2.24, 2.45) is 0 Å². The van der Waals surface area contributed by atoms with Gasteiger partial charge in [-0.2, -0.15) is 0 Å². The van der Waals surface area contributed by atoms with E-state index in [1.165, 1.54) is 0 Å². The normalized spacial score (nSPS) is 11.8. The third-order valence-corrected chi connectivity index (χ3v) is 4.04. The first-order valence-electron chi connectivity index (χ1n) is 8.62. The molecule has 0 fully saturated rings. The number of nitrogens with zero attached hydrogens (tertiary/aromatic N) is 1. The molecule has 0 aliphatic heterocycles. The molecule has 0 amide bonds. The lowest BCUT2D eigenvalue weighted by molar-refractivity contribution is 0.0516. The Hall–Kier alpha value is -1.98. The minimum absolute atomic E-state index is 0.588. The summed E-state index contributed by atoms with van der Waals surface area (Å²) < 4.78 is 16.5. The minimum atomic E-state index is -0.961. The number of hydrogen-bond acceptors (Lipinski definition) is 5. The molecule has 5 heteroatoms. The molecule has 1 aromatic carbocycles. The largest absolute Gasteiger partial charge is 0.493 e. The third-order valence-electron chi connectivity index (χ3n) is 4.04. The highest BCUT2D eigenvalue weighted by Gasteiger charge is 2.21. The summed E-state index contributed by atoms with van der Waals surface area (Å²) in [5, 5.41) is 10.0. The van der Waals surface area contributed by atoms with E-state index < -0.39 is 5.60 Å². The van der Waals surface area contributed by atoms with E-state index >= 15 is 0 Å². The van der Waals surface area contributed by atoms with Gasteiger partial charge in [0.2, 0.25) is 0 Å². The molecule has 0 aliphatic carbocycles. The lowest BCUT2D eigenvalue weighted by Crippen LogP contribution is -2.23. The highest BCUT2D eigenvalue weighted by Crippen LogP contribution is 2.28. The van der Waals surface area contributed by atoms with Crippen molar-refractivity contribution in [3.05, 3.63) is 47.4 Å². The van der Waals surface area contributed by atoms with E-state index in [1.54, 1.807) is 28.1 Å². The SMILES string of the molecule is CCCN(Cc1ccc(OC)c(OC)c1)Cc1ccc(C(C)(C)O)o1. The summed E-state index contributed by atoms with van der Waals surface area (Å²) in [6.07, 6.45) is 1.05. The van der Waals surface area contributed by atoms with Gasteiger partial charge in [0.15, 0.2) is 11.5 Å². The molecule has 0 atom stereocenters. The van der Waals surface area contributed by atoms with Gasteiger partial charge in [0.05, 0.1) is 20.8 Å². The summed E-state index contributed by atoms with van der Waals surface area (Å²) in [6.45, 7) is 8.04. The van der Waals surface area contributed by atoms with Gasteiger partial charge in [0.1, 0.15) is 17.1 Å². The zero-order valence-electron chi connectivity index (χ0n) is 15.8. The second-order valence-corrected chi connectivity index (χ2v) is 6.72. The number of ether oxygens (including phenoxy) is 2. The Labute approximate surface area is 150 Å². The molecule has 2 aromatic rings. The molecule has 25 heavy (non-hydrogen) atoms. The van der Waals surface area contributed by atoms with E-state index in [9.17, 15) is 5.11 Å². The van der Waals surface area contributed by atoms with Crippen molar-refractivity contribution >= 4 is 0 Å². The van der Waals surface area contributed by atoms with Crippen molar-refractivity contribution in [2.45, 2.75) is 45.9 Å². The number of rotatable bonds is 9. The molecule has 2 rings (SSSR count). The van der Waals surface area contributed by atoms with Gasteiger partial charge in [0.25, 0.3) is 0 Å². The van der Waals surface area contributed by atoms with Crippen molar-refractivity contribution in [2.75, 3.05) is 20.8 Å². The summed E-state index contributed by atoms with van der Waals surface area (Å²) in [6, 6.07) is 9.76. The molecular weight excluding hydrogens is 318 g/mol.